The van der Waals surface area contributed by atoms with E-state index in [9.17, 15) is 0 Å². The van der Waals surface area contributed by atoms with E-state index in [2.05, 4.69) is 14.9 Å². The Kier molecular flexibility index (Phi) is 4.97. The molecule has 1 saturated heterocycles. The summed E-state index contributed by atoms with van der Waals surface area (Å²) in [6.07, 6.45) is 5.30. The minimum absolute atomic E-state index is 0.553. The normalized spacial score (nSPS) is 14.7. The molecule has 0 bridgehead atoms. The second-order valence-corrected chi connectivity index (χ2v) is 6.62. The standard InChI is InChI=1S/C21H23N3O2/c1-16-19(11-14-24-12-5-6-13-24)23-21(25-16)17-9-10-20(22-15-17)26-18-7-3-2-4-8-18/h2-4,7-10,15H,5-6,11-14H2,1H3. The molecule has 0 N–H and O–H groups in total. The van der Waals surface area contributed by atoms with Gasteiger partial charge in [-0.05, 0) is 51.1 Å². The quantitative estimate of drug-likeness (QED) is 0.657. The molecule has 0 amide bonds. The minimum atomic E-state index is 0.553. The number of aromatic nitrogens is 2. The van der Waals surface area contributed by atoms with Crippen molar-refractivity contribution in [1.29, 1.82) is 0 Å². The van der Waals surface area contributed by atoms with Crippen LogP contribution in [0.25, 0.3) is 11.5 Å². The van der Waals surface area contributed by atoms with E-state index in [0.717, 1.165) is 35.7 Å². The first-order valence-corrected chi connectivity index (χ1v) is 9.16. The van der Waals surface area contributed by atoms with Crippen molar-refractivity contribution < 1.29 is 9.15 Å². The van der Waals surface area contributed by atoms with Crippen LogP contribution in [0.15, 0.2) is 53.1 Å². The lowest BCUT2D eigenvalue weighted by Gasteiger charge is -2.12. The van der Waals surface area contributed by atoms with Crippen molar-refractivity contribution in [3.63, 3.8) is 0 Å². The van der Waals surface area contributed by atoms with Gasteiger partial charge in [0.05, 0.1) is 11.3 Å². The van der Waals surface area contributed by atoms with E-state index in [0.29, 0.717) is 11.8 Å². The number of ether oxygens (including phenoxy) is 1. The first kappa shape index (κ1) is 16.8. The smallest absolute Gasteiger partial charge is 0.228 e. The molecule has 1 aliphatic heterocycles. The molecule has 3 heterocycles. The van der Waals surface area contributed by atoms with Gasteiger partial charge < -0.3 is 14.1 Å². The van der Waals surface area contributed by atoms with E-state index >= 15 is 0 Å². The van der Waals surface area contributed by atoms with Gasteiger partial charge in [0.1, 0.15) is 11.5 Å². The van der Waals surface area contributed by atoms with Crippen molar-refractivity contribution in [3.8, 4) is 23.1 Å². The zero-order chi connectivity index (χ0) is 17.8. The Morgan fingerprint density at radius 3 is 2.62 bits per heavy atom. The van der Waals surface area contributed by atoms with Crippen LogP contribution in [0.2, 0.25) is 0 Å². The predicted molar refractivity (Wildman–Crippen MR) is 100 cm³/mol. The second kappa shape index (κ2) is 7.70. The molecule has 5 heteroatoms. The van der Waals surface area contributed by atoms with Crippen LogP contribution < -0.4 is 4.74 Å². The van der Waals surface area contributed by atoms with Crippen molar-refractivity contribution >= 4 is 0 Å². The van der Waals surface area contributed by atoms with Crippen molar-refractivity contribution in [3.05, 3.63) is 60.1 Å². The molecule has 134 valence electrons. The first-order valence-electron chi connectivity index (χ1n) is 9.16. The van der Waals surface area contributed by atoms with Crippen LogP contribution in [-0.2, 0) is 6.42 Å². The van der Waals surface area contributed by atoms with Crippen LogP contribution >= 0.6 is 0 Å². The van der Waals surface area contributed by atoms with E-state index in [-0.39, 0.29) is 0 Å². The lowest BCUT2D eigenvalue weighted by atomic mass is 10.2. The van der Waals surface area contributed by atoms with Crippen LogP contribution in [0.5, 0.6) is 11.6 Å². The summed E-state index contributed by atoms with van der Waals surface area (Å²) >= 11 is 0. The second-order valence-electron chi connectivity index (χ2n) is 6.62. The summed E-state index contributed by atoms with van der Waals surface area (Å²) in [5, 5.41) is 0. The van der Waals surface area contributed by atoms with Crippen molar-refractivity contribution in [2.75, 3.05) is 19.6 Å². The highest BCUT2D eigenvalue weighted by Gasteiger charge is 2.15. The predicted octanol–water partition coefficient (Wildman–Crippen LogP) is 4.48. The Bertz CT molecular complexity index is 837. The van der Waals surface area contributed by atoms with Crippen molar-refractivity contribution in [1.82, 2.24) is 14.9 Å². The molecule has 26 heavy (non-hydrogen) atoms. The Hall–Kier alpha value is -2.66. The third-order valence-electron chi connectivity index (χ3n) is 4.71. The van der Waals surface area contributed by atoms with Gasteiger partial charge in [0.2, 0.25) is 11.8 Å². The third-order valence-corrected chi connectivity index (χ3v) is 4.71. The maximum atomic E-state index is 5.86. The lowest BCUT2D eigenvalue weighted by molar-refractivity contribution is 0.341. The van der Waals surface area contributed by atoms with Crippen molar-refractivity contribution in [2.45, 2.75) is 26.2 Å². The molecular weight excluding hydrogens is 326 g/mol. The summed E-state index contributed by atoms with van der Waals surface area (Å²) in [5.74, 6) is 2.84. The average Bonchev–Trinajstić information content (AvgIpc) is 3.31. The molecule has 0 aliphatic carbocycles. The highest BCUT2D eigenvalue weighted by molar-refractivity contribution is 5.53. The molecule has 5 nitrogen and oxygen atoms in total. The summed E-state index contributed by atoms with van der Waals surface area (Å²) in [5.41, 5.74) is 1.90. The number of rotatable bonds is 6. The van der Waals surface area contributed by atoms with Crippen LogP contribution in [0, 0.1) is 6.92 Å². The highest BCUT2D eigenvalue weighted by Crippen LogP contribution is 2.25. The average molecular weight is 349 g/mol. The molecular formula is C21H23N3O2. The molecule has 0 atom stereocenters. The Morgan fingerprint density at radius 1 is 1.08 bits per heavy atom. The monoisotopic (exact) mass is 349 g/mol. The Labute approximate surface area is 153 Å². The largest absolute Gasteiger partial charge is 0.441 e. The fourth-order valence-electron chi connectivity index (χ4n) is 3.23. The molecule has 0 radical (unpaired) electrons. The first-order chi connectivity index (χ1) is 12.8. The number of hydrogen-bond donors (Lipinski definition) is 0. The van der Waals surface area contributed by atoms with Crippen LogP contribution in [-0.4, -0.2) is 34.5 Å². The summed E-state index contributed by atoms with van der Waals surface area (Å²) < 4.78 is 11.6. The Balaban J connectivity index is 1.43. The number of likely N-dealkylation sites (tertiary alicyclic amines) is 1. The van der Waals surface area contributed by atoms with Gasteiger partial charge in [-0.25, -0.2) is 9.97 Å². The zero-order valence-corrected chi connectivity index (χ0v) is 15.0. The van der Waals surface area contributed by atoms with Gasteiger partial charge in [0, 0.05) is 25.2 Å². The summed E-state index contributed by atoms with van der Waals surface area (Å²) in [6.45, 7) is 5.44. The van der Waals surface area contributed by atoms with Crippen molar-refractivity contribution in [2.24, 2.45) is 0 Å². The molecule has 0 unspecified atom stereocenters. The minimum Gasteiger partial charge on any atom is -0.441 e. The maximum Gasteiger partial charge on any atom is 0.228 e. The van der Waals surface area contributed by atoms with E-state index in [1.807, 2.05) is 49.4 Å². The third kappa shape index (κ3) is 3.94. The molecule has 1 aromatic carbocycles. The van der Waals surface area contributed by atoms with Gasteiger partial charge >= 0.3 is 0 Å². The molecule has 0 saturated carbocycles. The van der Waals surface area contributed by atoms with Gasteiger partial charge in [-0.1, -0.05) is 18.2 Å². The van der Waals surface area contributed by atoms with Gasteiger partial charge in [-0.3, -0.25) is 0 Å². The molecule has 0 spiro atoms. The summed E-state index contributed by atoms with van der Waals surface area (Å²) in [6, 6.07) is 13.4. The van der Waals surface area contributed by atoms with E-state index in [1.165, 1.54) is 25.9 Å². The summed E-state index contributed by atoms with van der Waals surface area (Å²) in [4.78, 5) is 11.5. The van der Waals surface area contributed by atoms with Crippen LogP contribution in [0.3, 0.4) is 0 Å². The van der Waals surface area contributed by atoms with Crippen LogP contribution in [0.4, 0.5) is 0 Å². The molecule has 1 aliphatic rings. The fraction of sp³-hybridized carbons (Fsp3) is 0.333. The Morgan fingerprint density at radius 2 is 1.88 bits per heavy atom. The maximum absolute atomic E-state index is 5.86. The highest BCUT2D eigenvalue weighted by atomic mass is 16.5. The zero-order valence-electron chi connectivity index (χ0n) is 15.0. The van der Waals surface area contributed by atoms with Crippen LogP contribution in [0.1, 0.15) is 24.3 Å². The lowest BCUT2D eigenvalue weighted by Crippen LogP contribution is -2.22. The van der Waals surface area contributed by atoms with Gasteiger partial charge in [0.25, 0.3) is 0 Å². The number of hydrogen-bond acceptors (Lipinski definition) is 5. The molecule has 2 aromatic heterocycles. The topological polar surface area (TPSA) is 51.4 Å². The van der Waals surface area contributed by atoms with E-state index < -0.39 is 0 Å². The van der Waals surface area contributed by atoms with Gasteiger partial charge in [-0.2, -0.15) is 0 Å². The number of para-hydroxylation sites is 1. The van der Waals surface area contributed by atoms with E-state index in [1.54, 1.807) is 6.20 Å². The number of pyridine rings is 1. The fourth-order valence-corrected chi connectivity index (χ4v) is 3.23. The number of benzene rings is 1. The number of aryl methyl sites for hydroxylation is 1. The molecule has 4 rings (SSSR count). The summed E-state index contributed by atoms with van der Waals surface area (Å²) in [7, 11) is 0. The van der Waals surface area contributed by atoms with Gasteiger partial charge in [-0.15, -0.1) is 0 Å². The SMILES string of the molecule is Cc1oc(-c2ccc(Oc3ccccc3)nc2)nc1CCN1CCCC1. The molecule has 1 fully saturated rings. The number of oxazole rings is 1. The van der Waals surface area contributed by atoms with E-state index in [4.69, 9.17) is 9.15 Å². The molecule has 3 aromatic rings. The number of nitrogens with zero attached hydrogens (tertiary/aromatic N) is 3. The van der Waals surface area contributed by atoms with Gasteiger partial charge in [0.15, 0.2) is 0 Å².